The minimum Gasteiger partial charge on any atom is -0.457 e. The van der Waals surface area contributed by atoms with E-state index in [4.69, 9.17) is 18.5 Å². The van der Waals surface area contributed by atoms with E-state index in [2.05, 4.69) is 86.8 Å². The van der Waals surface area contributed by atoms with Gasteiger partial charge in [0.2, 0.25) is 0 Å². The number of phosphoric acid groups is 1. The van der Waals surface area contributed by atoms with Gasteiger partial charge in [0.1, 0.15) is 19.3 Å². The maximum absolute atomic E-state index is 12.6. The number of unbranched alkanes of at least 4 members (excludes halogenated alkanes) is 11. The molecular formula is C44H79NO7P+. The molecule has 0 saturated heterocycles. The second-order valence-corrected chi connectivity index (χ2v) is 16.1. The first-order valence-corrected chi connectivity index (χ1v) is 22.2. The highest BCUT2D eigenvalue weighted by Crippen LogP contribution is 2.43. The molecule has 0 aromatic carbocycles. The highest BCUT2D eigenvalue weighted by atomic mass is 31.2. The van der Waals surface area contributed by atoms with Crippen molar-refractivity contribution in [2.24, 2.45) is 0 Å². The third-order valence-electron chi connectivity index (χ3n) is 8.25. The van der Waals surface area contributed by atoms with Gasteiger partial charge < -0.3 is 18.9 Å². The molecule has 2 atom stereocenters. The zero-order valence-corrected chi connectivity index (χ0v) is 35.4. The van der Waals surface area contributed by atoms with Gasteiger partial charge in [-0.2, -0.15) is 0 Å². The van der Waals surface area contributed by atoms with Gasteiger partial charge in [0.05, 0.1) is 34.4 Å². The lowest BCUT2D eigenvalue weighted by atomic mass is 10.1. The summed E-state index contributed by atoms with van der Waals surface area (Å²) in [5.74, 6) is -0.361. The van der Waals surface area contributed by atoms with E-state index < -0.39 is 13.9 Å². The van der Waals surface area contributed by atoms with Crippen molar-refractivity contribution < 1.29 is 37.3 Å². The third-order valence-corrected chi connectivity index (χ3v) is 9.24. The number of hydrogen-bond acceptors (Lipinski definition) is 6. The number of likely N-dealkylation sites (N-methyl/N-ethyl adjacent to an activating group) is 1. The number of ether oxygens (including phenoxy) is 2. The Morgan fingerprint density at radius 2 is 1.09 bits per heavy atom. The maximum atomic E-state index is 12.6. The third kappa shape index (κ3) is 41.0. The minimum atomic E-state index is -4.29. The Labute approximate surface area is 325 Å². The quantitative estimate of drug-likeness (QED) is 0.0221. The van der Waals surface area contributed by atoms with Gasteiger partial charge in [-0.25, -0.2) is 4.57 Å². The van der Waals surface area contributed by atoms with Crippen LogP contribution in [0, 0.1) is 0 Å². The molecule has 0 saturated carbocycles. The van der Waals surface area contributed by atoms with E-state index >= 15 is 0 Å². The number of quaternary nitrogens is 1. The zero-order chi connectivity index (χ0) is 39.1. The van der Waals surface area contributed by atoms with Crippen LogP contribution in [0.3, 0.4) is 0 Å². The number of hydrogen-bond donors (Lipinski definition) is 1. The highest BCUT2D eigenvalue weighted by molar-refractivity contribution is 7.47. The summed E-state index contributed by atoms with van der Waals surface area (Å²) in [7, 11) is 1.62. The van der Waals surface area contributed by atoms with Crippen LogP contribution in [-0.2, 0) is 27.9 Å². The van der Waals surface area contributed by atoms with Crippen LogP contribution in [0.5, 0.6) is 0 Å². The first kappa shape index (κ1) is 50.9. The summed E-state index contributed by atoms with van der Waals surface area (Å²) in [6.07, 6.45) is 46.5. The van der Waals surface area contributed by atoms with Crippen molar-refractivity contribution in [3.63, 3.8) is 0 Å². The van der Waals surface area contributed by atoms with Crippen LogP contribution >= 0.6 is 7.82 Å². The van der Waals surface area contributed by atoms with Crippen molar-refractivity contribution in [1.29, 1.82) is 0 Å². The molecule has 0 spiro atoms. The summed E-state index contributed by atoms with van der Waals surface area (Å²) in [5.41, 5.74) is 0. The lowest BCUT2D eigenvalue weighted by Crippen LogP contribution is -2.37. The first-order chi connectivity index (χ1) is 25.6. The fourth-order valence-electron chi connectivity index (χ4n) is 5.04. The summed E-state index contributed by atoms with van der Waals surface area (Å²) in [6.45, 7) is 5.37. The fourth-order valence-corrected chi connectivity index (χ4v) is 5.78. The Morgan fingerprint density at radius 1 is 0.604 bits per heavy atom. The van der Waals surface area contributed by atoms with Crippen molar-refractivity contribution in [1.82, 2.24) is 0 Å². The monoisotopic (exact) mass is 765 g/mol. The molecule has 0 fully saturated rings. The van der Waals surface area contributed by atoms with Gasteiger partial charge >= 0.3 is 13.8 Å². The van der Waals surface area contributed by atoms with Crippen LogP contribution in [0.25, 0.3) is 0 Å². The number of carbonyl (C=O) groups is 1. The van der Waals surface area contributed by atoms with Gasteiger partial charge in [0.15, 0.2) is 0 Å². The highest BCUT2D eigenvalue weighted by Gasteiger charge is 2.26. The standard InChI is InChI=1S/C44H78NO7P/c1-6-8-10-12-14-16-18-20-22-24-26-28-30-32-34-36-39-49-41-43(42-51-53(47,48)50-40-38-45(3,4)5)52-44(46)37-35-33-31-29-27-25-23-21-19-17-15-13-11-9-7-2/h9,11,14-17,20-23,27,29,43H,6-8,10,12-13,18-19,24-26,28,30-42H2,1-5H3/p+1/b11-9-,16-14-,17-15-,22-20-,23-21-,29-27-. The van der Waals surface area contributed by atoms with Crippen molar-refractivity contribution in [3.8, 4) is 0 Å². The van der Waals surface area contributed by atoms with Crippen LogP contribution in [0.15, 0.2) is 72.9 Å². The molecule has 0 aliphatic rings. The molecule has 8 nitrogen and oxygen atoms in total. The largest absolute Gasteiger partial charge is 0.472 e. The Hall–Kier alpha value is -2.06. The molecule has 0 rings (SSSR count). The molecule has 0 aromatic rings. The number of phosphoric ester groups is 1. The molecule has 0 bridgehead atoms. The minimum absolute atomic E-state index is 0.0745. The van der Waals surface area contributed by atoms with E-state index in [9.17, 15) is 14.3 Å². The molecule has 9 heteroatoms. The van der Waals surface area contributed by atoms with E-state index in [1.54, 1.807) is 0 Å². The summed E-state index contributed by atoms with van der Waals surface area (Å²) in [5, 5.41) is 0. The normalized spacial score (nSPS) is 14.6. The average molecular weight is 765 g/mol. The van der Waals surface area contributed by atoms with E-state index in [1.807, 2.05) is 21.1 Å². The zero-order valence-electron chi connectivity index (χ0n) is 34.5. The van der Waals surface area contributed by atoms with Crippen LogP contribution in [0.2, 0.25) is 0 Å². The maximum Gasteiger partial charge on any atom is 0.472 e. The predicted molar refractivity (Wildman–Crippen MR) is 224 cm³/mol. The van der Waals surface area contributed by atoms with Gasteiger partial charge in [-0.3, -0.25) is 13.8 Å². The van der Waals surface area contributed by atoms with Crippen LogP contribution in [-0.4, -0.2) is 75.6 Å². The van der Waals surface area contributed by atoms with E-state index in [1.165, 1.54) is 44.9 Å². The lowest BCUT2D eigenvalue weighted by molar-refractivity contribution is -0.870. The van der Waals surface area contributed by atoms with Crippen LogP contribution < -0.4 is 0 Å². The second kappa shape index (κ2) is 36.9. The van der Waals surface area contributed by atoms with E-state index in [0.29, 0.717) is 24.1 Å². The van der Waals surface area contributed by atoms with Crippen molar-refractivity contribution in [2.75, 3.05) is 54.1 Å². The molecule has 0 radical (unpaired) electrons. The van der Waals surface area contributed by atoms with Crippen LogP contribution in [0.1, 0.15) is 142 Å². The summed E-state index contributed by atoms with van der Waals surface area (Å²) >= 11 is 0. The topological polar surface area (TPSA) is 91.3 Å². The molecule has 0 aliphatic heterocycles. The predicted octanol–water partition coefficient (Wildman–Crippen LogP) is 11.9. The van der Waals surface area contributed by atoms with Crippen molar-refractivity contribution in [3.05, 3.63) is 72.9 Å². The summed E-state index contributed by atoms with van der Waals surface area (Å²) in [4.78, 5) is 22.8. The fraction of sp³-hybridized carbons (Fsp3) is 0.705. The number of nitrogens with zero attached hydrogens (tertiary/aromatic N) is 1. The molecular weight excluding hydrogens is 685 g/mol. The molecule has 0 aromatic heterocycles. The Kier molecular flexibility index (Phi) is 35.5. The molecule has 0 amide bonds. The number of carbonyl (C=O) groups excluding carboxylic acids is 1. The van der Waals surface area contributed by atoms with E-state index in [0.717, 1.165) is 70.6 Å². The SMILES string of the molecule is CC/C=C\C/C=C\C/C=C\C/C=C\CCCCC(=O)OC(COCCCCCCCC/C=C\C/C=C\CCCCC)COP(=O)(O)OCC[N+](C)(C)C. The molecule has 0 heterocycles. The molecule has 306 valence electrons. The van der Waals surface area contributed by atoms with Crippen molar-refractivity contribution >= 4 is 13.8 Å². The van der Waals surface area contributed by atoms with Gasteiger partial charge in [-0.15, -0.1) is 0 Å². The van der Waals surface area contributed by atoms with Gasteiger partial charge in [-0.05, 0) is 83.5 Å². The van der Waals surface area contributed by atoms with Crippen LogP contribution in [0.4, 0.5) is 0 Å². The summed E-state index contributed by atoms with van der Waals surface area (Å²) < 4.78 is 34.9. The van der Waals surface area contributed by atoms with Gasteiger partial charge in [-0.1, -0.05) is 125 Å². The Bertz CT molecular complexity index is 1070. The molecule has 1 N–H and O–H groups in total. The van der Waals surface area contributed by atoms with Gasteiger partial charge in [0.25, 0.3) is 0 Å². The summed E-state index contributed by atoms with van der Waals surface area (Å²) in [6, 6.07) is 0. The lowest BCUT2D eigenvalue weighted by Gasteiger charge is -2.24. The van der Waals surface area contributed by atoms with Gasteiger partial charge in [0, 0.05) is 13.0 Å². The Balaban J connectivity index is 4.38. The smallest absolute Gasteiger partial charge is 0.457 e. The molecule has 2 unspecified atom stereocenters. The number of allylic oxidation sites excluding steroid dienone is 12. The molecule has 0 aliphatic carbocycles. The second-order valence-electron chi connectivity index (χ2n) is 14.6. The first-order valence-electron chi connectivity index (χ1n) is 20.7. The van der Waals surface area contributed by atoms with Crippen molar-refractivity contribution in [2.45, 2.75) is 148 Å². The number of rotatable bonds is 37. The number of esters is 1. The Morgan fingerprint density at radius 3 is 1.64 bits per heavy atom. The van der Waals surface area contributed by atoms with E-state index in [-0.39, 0.29) is 32.2 Å². The average Bonchev–Trinajstić information content (AvgIpc) is 3.11. The molecule has 53 heavy (non-hydrogen) atoms.